The second kappa shape index (κ2) is 5.84. The Hall–Kier alpha value is -1.68. The van der Waals surface area contributed by atoms with Gasteiger partial charge in [0.2, 0.25) is 0 Å². The van der Waals surface area contributed by atoms with Crippen LogP contribution in [-0.4, -0.2) is 16.1 Å². The van der Waals surface area contributed by atoms with Crippen LogP contribution in [0.15, 0.2) is 36.4 Å². The average Bonchev–Trinajstić information content (AvgIpc) is 2.77. The summed E-state index contributed by atoms with van der Waals surface area (Å²) >= 11 is 18.5. The molecule has 0 aliphatic heterocycles. The van der Waals surface area contributed by atoms with Crippen molar-refractivity contribution in [1.82, 2.24) is 4.98 Å². The van der Waals surface area contributed by atoms with Gasteiger partial charge >= 0.3 is 5.97 Å². The van der Waals surface area contributed by atoms with Crippen LogP contribution in [-0.2, 0) is 11.2 Å². The summed E-state index contributed by atoms with van der Waals surface area (Å²) in [6, 6.07) is 10.5. The van der Waals surface area contributed by atoms with E-state index in [-0.39, 0.29) is 6.42 Å². The lowest BCUT2D eigenvalue weighted by molar-refractivity contribution is -0.136. The van der Waals surface area contributed by atoms with Crippen molar-refractivity contribution in [1.29, 1.82) is 0 Å². The van der Waals surface area contributed by atoms with Gasteiger partial charge in [0.15, 0.2) is 0 Å². The Morgan fingerprint density at radius 1 is 1.09 bits per heavy atom. The minimum absolute atomic E-state index is 0.165. The van der Waals surface area contributed by atoms with Crippen molar-refractivity contribution in [3.8, 4) is 11.3 Å². The molecule has 0 aliphatic rings. The van der Waals surface area contributed by atoms with Gasteiger partial charge in [0.05, 0.1) is 17.1 Å². The van der Waals surface area contributed by atoms with E-state index < -0.39 is 5.97 Å². The zero-order valence-corrected chi connectivity index (χ0v) is 13.4. The number of hydrogen-bond acceptors (Lipinski definition) is 1. The number of carboxylic acids is 1. The predicted molar refractivity (Wildman–Crippen MR) is 90.1 cm³/mol. The van der Waals surface area contributed by atoms with Gasteiger partial charge in [0.1, 0.15) is 0 Å². The summed E-state index contributed by atoms with van der Waals surface area (Å²) in [5, 5.41) is 11.3. The van der Waals surface area contributed by atoms with Gasteiger partial charge < -0.3 is 10.1 Å². The molecular weight excluding hydrogens is 345 g/mol. The van der Waals surface area contributed by atoms with Crippen LogP contribution < -0.4 is 0 Å². The van der Waals surface area contributed by atoms with Gasteiger partial charge in [-0.3, -0.25) is 4.79 Å². The van der Waals surface area contributed by atoms with Gasteiger partial charge in [-0.1, -0.05) is 53.0 Å². The number of aromatic amines is 1. The molecule has 0 unspecified atom stereocenters. The first kappa shape index (κ1) is 15.2. The molecule has 0 aliphatic carbocycles. The van der Waals surface area contributed by atoms with E-state index in [4.69, 9.17) is 34.8 Å². The molecule has 0 saturated carbocycles. The van der Waals surface area contributed by atoms with Crippen molar-refractivity contribution in [2.24, 2.45) is 0 Å². The molecule has 2 aromatic carbocycles. The van der Waals surface area contributed by atoms with Crippen molar-refractivity contribution in [2.75, 3.05) is 0 Å². The highest BCUT2D eigenvalue weighted by Gasteiger charge is 2.19. The third-order valence-electron chi connectivity index (χ3n) is 3.39. The number of carbonyl (C=O) groups is 1. The normalized spacial score (nSPS) is 11.0. The molecule has 3 rings (SSSR count). The largest absolute Gasteiger partial charge is 0.481 e. The van der Waals surface area contributed by atoms with Crippen molar-refractivity contribution < 1.29 is 9.90 Å². The number of H-pyrrole nitrogens is 1. The van der Waals surface area contributed by atoms with Crippen LogP contribution in [0, 0.1) is 0 Å². The molecule has 0 spiro atoms. The van der Waals surface area contributed by atoms with E-state index in [1.54, 1.807) is 18.2 Å². The van der Waals surface area contributed by atoms with Crippen LogP contribution in [0.2, 0.25) is 15.1 Å². The SMILES string of the molecule is O=C(O)Cc1c(-c2ccccc2Cl)[nH]c2cc(Cl)cc(Cl)c12. The zero-order chi connectivity index (χ0) is 15.9. The maximum absolute atomic E-state index is 11.2. The van der Waals surface area contributed by atoms with E-state index in [1.807, 2.05) is 18.2 Å². The highest BCUT2D eigenvalue weighted by molar-refractivity contribution is 6.39. The highest BCUT2D eigenvalue weighted by Crippen LogP contribution is 2.38. The van der Waals surface area contributed by atoms with E-state index in [9.17, 15) is 9.90 Å². The molecule has 1 heterocycles. The summed E-state index contributed by atoms with van der Waals surface area (Å²) in [6.45, 7) is 0. The van der Waals surface area contributed by atoms with E-state index in [1.165, 1.54) is 0 Å². The molecule has 0 bridgehead atoms. The molecular formula is C16H10Cl3NO2. The first-order valence-electron chi connectivity index (χ1n) is 6.43. The molecule has 3 nitrogen and oxygen atoms in total. The molecule has 2 N–H and O–H groups in total. The summed E-state index contributed by atoms with van der Waals surface area (Å²) in [4.78, 5) is 14.4. The summed E-state index contributed by atoms with van der Waals surface area (Å²) in [6.07, 6.45) is -0.165. The van der Waals surface area contributed by atoms with Gasteiger partial charge in [0, 0.05) is 26.5 Å². The number of carboxylic acid groups (broad SMARTS) is 1. The lowest BCUT2D eigenvalue weighted by Gasteiger charge is -2.05. The van der Waals surface area contributed by atoms with Gasteiger partial charge in [-0.25, -0.2) is 0 Å². The van der Waals surface area contributed by atoms with Gasteiger partial charge in [-0.05, 0) is 23.8 Å². The number of fused-ring (bicyclic) bond motifs is 1. The minimum Gasteiger partial charge on any atom is -0.481 e. The predicted octanol–water partition coefficient (Wildman–Crippen LogP) is 5.42. The summed E-state index contributed by atoms with van der Waals surface area (Å²) in [5.41, 5.74) is 2.65. The van der Waals surface area contributed by atoms with Crippen LogP contribution in [0.25, 0.3) is 22.2 Å². The fourth-order valence-electron chi connectivity index (χ4n) is 2.54. The van der Waals surface area contributed by atoms with Crippen molar-refractivity contribution in [3.63, 3.8) is 0 Å². The average molecular weight is 355 g/mol. The lowest BCUT2D eigenvalue weighted by Crippen LogP contribution is -2.01. The fraction of sp³-hybridized carbons (Fsp3) is 0.0625. The molecule has 0 amide bonds. The number of aromatic nitrogens is 1. The summed E-state index contributed by atoms with van der Waals surface area (Å²) in [5.74, 6) is -0.944. The Kier molecular flexibility index (Phi) is 4.04. The molecule has 3 aromatic rings. The van der Waals surface area contributed by atoms with Crippen LogP contribution >= 0.6 is 34.8 Å². The topological polar surface area (TPSA) is 53.1 Å². The number of rotatable bonds is 3. The molecule has 1 aromatic heterocycles. The second-order valence-electron chi connectivity index (χ2n) is 4.84. The van der Waals surface area contributed by atoms with Gasteiger partial charge in [-0.15, -0.1) is 0 Å². The van der Waals surface area contributed by atoms with Gasteiger partial charge in [-0.2, -0.15) is 0 Å². The lowest BCUT2D eigenvalue weighted by atomic mass is 10.0. The van der Waals surface area contributed by atoms with E-state index >= 15 is 0 Å². The van der Waals surface area contributed by atoms with Gasteiger partial charge in [0.25, 0.3) is 0 Å². The van der Waals surface area contributed by atoms with Crippen molar-refractivity contribution in [3.05, 3.63) is 57.0 Å². The fourth-order valence-corrected chi connectivity index (χ4v) is 3.37. The van der Waals surface area contributed by atoms with Crippen molar-refractivity contribution in [2.45, 2.75) is 6.42 Å². The Morgan fingerprint density at radius 3 is 2.50 bits per heavy atom. The molecule has 0 atom stereocenters. The monoisotopic (exact) mass is 353 g/mol. The van der Waals surface area contributed by atoms with E-state index in [0.29, 0.717) is 37.2 Å². The molecule has 0 radical (unpaired) electrons. The van der Waals surface area contributed by atoms with Crippen LogP contribution in [0.5, 0.6) is 0 Å². The van der Waals surface area contributed by atoms with Crippen LogP contribution in [0.4, 0.5) is 0 Å². The number of aliphatic carboxylic acids is 1. The number of nitrogens with one attached hydrogen (secondary N) is 1. The quantitative estimate of drug-likeness (QED) is 0.659. The minimum atomic E-state index is -0.944. The molecule has 0 saturated heterocycles. The van der Waals surface area contributed by atoms with Crippen molar-refractivity contribution >= 4 is 51.7 Å². The Bertz CT molecular complexity index is 886. The molecule has 22 heavy (non-hydrogen) atoms. The maximum Gasteiger partial charge on any atom is 0.307 e. The third kappa shape index (κ3) is 2.68. The zero-order valence-electron chi connectivity index (χ0n) is 11.2. The third-order valence-corrected chi connectivity index (χ3v) is 4.24. The maximum atomic E-state index is 11.2. The number of hydrogen-bond donors (Lipinski definition) is 2. The Morgan fingerprint density at radius 2 is 1.82 bits per heavy atom. The highest BCUT2D eigenvalue weighted by atomic mass is 35.5. The molecule has 6 heteroatoms. The van der Waals surface area contributed by atoms with Crippen LogP contribution in [0.1, 0.15) is 5.56 Å². The molecule has 0 fully saturated rings. The first-order chi connectivity index (χ1) is 10.5. The smallest absolute Gasteiger partial charge is 0.307 e. The van der Waals surface area contributed by atoms with E-state index in [0.717, 1.165) is 5.56 Å². The second-order valence-corrected chi connectivity index (χ2v) is 6.09. The van der Waals surface area contributed by atoms with Crippen LogP contribution in [0.3, 0.4) is 0 Å². The Balaban J connectivity index is 2.36. The number of benzene rings is 2. The standard InChI is InChI=1S/C16H10Cl3NO2/c17-8-5-12(19)15-10(7-14(21)22)16(20-13(15)6-8)9-3-1-2-4-11(9)18/h1-6,20H,7H2,(H,21,22). The Labute approximate surface area is 141 Å². The number of halogens is 3. The van der Waals surface area contributed by atoms with E-state index in [2.05, 4.69) is 4.98 Å². The summed E-state index contributed by atoms with van der Waals surface area (Å²) < 4.78 is 0. The molecule has 112 valence electrons. The first-order valence-corrected chi connectivity index (χ1v) is 7.57. The summed E-state index contributed by atoms with van der Waals surface area (Å²) in [7, 11) is 0.